The summed E-state index contributed by atoms with van der Waals surface area (Å²) < 4.78 is 5.24. The predicted octanol–water partition coefficient (Wildman–Crippen LogP) is 0.735. The van der Waals surface area contributed by atoms with Crippen molar-refractivity contribution in [2.45, 2.75) is 32.7 Å². The van der Waals surface area contributed by atoms with Crippen LogP contribution < -0.4 is 0 Å². The van der Waals surface area contributed by atoms with Gasteiger partial charge in [0.2, 0.25) is 5.91 Å². The van der Waals surface area contributed by atoms with Gasteiger partial charge in [-0.2, -0.15) is 0 Å². The number of carboxylic acid groups (broad SMARTS) is 1. The first-order valence-electron chi connectivity index (χ1n) is 5.62. The summed E-state index contributed by atoms with van der Waals surface area (Å²) in [7, 11) is 0. The van der Waals surface area contributed by atoms with Crippen LogP contribution in [0, 0.1) is 5.92 Å². The van der Waals surface area contributed by atoms with Crippen molar-refractivity contribution in [1.82, 2.24) is 4.90 Å². The van der Waals surface area contributed by atoms with Gasteiger partial charge in [-0.05, 0) is 26.7 Å². The fraction of sp³-hybridized carbons (Fsp3) is 0.818. The zero-order chi connectivity index (χ0) is 12.1. The number of aliphatic carboxylic acids is 1. The van der Waals surface area contributed by atoms with E-state index in [1.165, 1.54) is 4.90 Å². The lowest BCUT2D eigenvalue weighted by Gasteiger charge is -2.30. The second-order valence-corrected chi connectivity index (χ2v) is 4.37. The van der Waals surface area contributed by atoms with E-state index in [1.54, 1.807) is 0 Å². The Balaban J connectivity index is 2.61. The summed E-state index contributed by atoms with van der Waals surface area (Å²) in [6, 6.07) is -0.0921. The van der Waals surface area contributed by atoms with Gasteiger partial charge in [0.25, 0.3) is 0 Å². The normalized spacial score (nSPS) is 20.8. The third-order valence-corrected chi connectivity index (χ3v) is 2.72. The van der Waals surface area contributed by atoms with Crippen molar-refractivity contribution in [2.75, 3.05) is 19.8 Å². The molecule has 1 rings (SSSR count). The van der Waals surface area contributed by atoms with Crippen molar-refractivity contribution in [3.8, 4) is 0 Å². The fourth-order valence-electron chi connectivity index (χ4n) is 1.83. The Hall–Kier alpha value is -1.10. The largest absolute Gasteiger partial charge is 0.480 e. The van der Waals surface area contributed by atoms with Gasteiger partial charge in [-0.15, -0.1) is 0 Å². The first-order chi connectivity index (χ1) is 7.52. The molecule has 1 saturated heterocycles. The molecule has 0 aromatic rings. The first kappa shape index (κ1) is 13.0. The van der Waals surface area contributed by atoms with Crippen LogP contribution in [0.1, 0.15) is 26.7 Å². The van der Waals surface area contributed by atoms with E-state index in [-0.39, 0.29) is 24.4 Å². The van der Waals surface area contributed by atoms with Crippen LogP contribution in [-0.2, 0) is 14.3 Å². The Bertz CT molecular complexity index is 259. The van der Waals surface area contributed by atoms with Crippen LogP contribution in [0.25, 0.3) is 0 Å². The quantitative estimate of drug-likeness (QED) is 0.772. The fourth-order valence-corrected chi connectivity index (χ4v) is 1.83. The molecule has 1 aliphatic heterocycles. The van der Waals surface area contributed by atoms with Crippen LogP contribution in [-0.4, -0.2) is 47.7 Å². The van der Waals surface area contributed by atoms with Gasteiger partial charge in [-0.3, -0.25) is 9.59 Å². The molecule has 0 radical (unpaired) electrons. The number of ether oxygens (including phenoxy) is 1. The summed E-state index contributed by atoms with van der Waals surface area (Å²) in [5.74, 6) is -1.24. The average molecular weight is 229 g/mol. The molecule has 1 atom stereocenters. The van der Waals surface area contributed by atoms with E-state index in [4.69, 9.17) is 9.84 Å². The molecule has 1 aliphatic rings. The molecule has 1 unspecified atom stereocenters. The summed E-state index contributed by atoms with van der Waals surface area (Å²) in [6.45, 7) is 4.54. The van der Waals surface area contributed by atoms with Crippen molar-refractivity contribution in [2.24, 2.45) is 5.92 Å². The Morgan fingerprint density at radius 3 is 2.62 bits per heavy atom. The molecular weight excluding hydrogens is 210 g/mol. The summed E-state index contributed by atoms with van der Waals surface area (Å²) >= 11 is 0. The minimum Gasteiger partial charge on any atom is -0.480 e. The van der Waals surface area contributed by atoms with E-state index in [2.05, 4.69) is 0 Å². The van der Waals surface area contributed by atoms with Crippen LogP contribution >= 0.6 is 0 Å². The van der Waals surface area contributed by atoms with Gasteiger partial charge in [0.1, 0.15) is 6.54 Å². The molecule has 92 valence electrons. The van der Waals surface area contributed by atoms with Crippen molar-refractivity contribution >= 4 is 11.9 Å². The number of carboxylic acids is 1. The van der Waals surface area contributed by atoms with E-state index < -0.39 is 5.97 Å². The average Bonchev–Trinajstić information content (AvgIpc) is 2.25. The van der Waals surface area contributed by atoms with Crippen molar-refractivity contribution in [3.63, 3.8) is 0 Å². The number of rotatable bonds is 4. The lowest BCUT2D eigenvalue weighted by atomic mass is 10.00. The van der Waals surface area contributed by atoms with Crippen molar-refractivity contribution in [3.05, 3.63) is 0 Å². The molecule has 0 aromatic heterocycles. The van der Waals surface area contributed by atoms with Crippen LogP contribution in [0.3, 0.4) is 0 Å². The molecule has 0 aliphatic carbocycles. The van der Waals surface area contributed by atoms with Gasteiger partial charge in [-0.25, -0.2) is 0 Å². The summed E-state index contributed by atoms with van der Waals surface area (Å²) in [5.41, 5.74) is 0. The molecule has 0 bridgehead atoms. The van der Waals surface area contributed by atoms with Gasteiger partial charge in [0.15, 0.2) is 0 Å². The van der Waals surface area contributed by atoms with Gasteiger partial charge in [-0.1, -0.05) is 0 Å². The lowest BCUT2D eigenvalue weighted by molar-refractivity contribution is -0.150. The molecule has 0 spiro atoms. The Morgan fingerprint density at radius 1 is 1.50 bits per heavy atom. The van der Waals surface area contributed by atoms with E-state index in [0.29, 0.717) is 13.2 Å². The third kappa shape index (κ3) is 3.48. The molecular formula is C11H19NO4. The Labute approximate surface area is 95.4 Å². The second-order valence-electron chi connectivity index (χ2n) is 4.37. The van der Waals surface area contributed by atoms with E-state index in [1.807, 2.05) is 13.8 Å². The highest BCUT2D eigenvalue weighted by molar-refractivity contribution is 5.83. The maximum atomic E-state index is 12.1. The first-order valence-corrected chi connectivity index (χ1v) is 5.62. The van der Waals surface area contributed by atoms with Gasteiger partial charge in [0.05, 0.1) is 12.5 Å². The number of hydrogen-bond acceptors (Lipinski definition) is 3. The molecule has 0 aromatic carbocycles. The van der Waals surface area contributed by atoms with E-state index in [9.17, 15) is 9.59 Å². The maximum Gasteiger partial charge on any atom is 0.323 e. The SMILES string of the molecule is CC(C)N(CC(=O)O)C(=O)C1CCCOC1. The molecule has 1 heterocycles. The van der Waals surface area contributed by atoms with Gasteiger partial charge >= 0.3 is 5.97 Å². The second kappa shape index (κ2) is 5.84. The minimum absolute atomic E-state index is 0.0921. The number of amides is 1. The van der Waals surface area contributed by atoms with E-state index >= 15 is 0 Å². The summed E-state index contributed by atoms with van der Waals surface area (Å²) in [4.78, 5) is 24.1. The van der Waals surface area contributed by atoms with Crippen LogP contribution in [0.5, 0.6) is 0 Å². The Kier molecular flexibility index (Phi) is 4.73. The van der Waals surface area contributed by atoms with E-state index in [0.717, 1.165) is 12.8 Å². The molecule has 16 heavy (non-hydrogen) atoms. The molecule has 5 nitrogen and oxygen atoms in total. The van der Waals surface area contributed by atoms with Crippen LogP contribution in [0.2, 0.25) is 0 Å². The highest BCUT2D eigenvalue weighted by Gasteiger charge is 2.29. The number of nitrogens with zero attached hydrogens (tertiary/aromatic N) is 1. The summed E-state index contributed by atoms with van der Waals surface area (Å²) in [6.07, 6.45) is 1.66. The smallest absolute Gasteiger partial charge is 0.323 e. The molecule has 5 heteroatoms. The number of carbonyl (C=O) groups excluding carboxylic acids is 1. The third-order valence-electron chi connectivity index (χ3n) is 2.72. The standard InChI is InChI=1S/C11H19NO4/c1-8(2)12(6-10(13)14)11(15)9-4-3-5-16-7-9/h8-9H,3-7H2,1-2H3,(H,13,14). The van der Waals surface area contributed by atoms with Crippen molar-refractivity contribution < 1.29 is 19.4 Å². The predicted molar refractivity (Wildman–Crippen MR) is 58.0 cm³/mol. The summed E-state index contributed by atoms with van der Waals surface area (Å²) in [5, 5.41) is 8.75. The topological polar surface area (TPSA) is 66.8 Å². The maximum absolute atomic E-state index is 12.1. The Morgan fingerprint density at radius 2 is 2.19 bits per heavy atom. The number of hydrogen-bond donors (Lipinski definition) is 1. The molecule has 1 fully saturated rings. The highest BCUT2D eigenvalue weighted by atomic mass is 16.5. The van der Waals surface area contributed by atoms with Crippen LogP contribution in [0.15, 0.2) is 0 Å². The van der Waals surface area contributed by atoms with Gasteiger partial charge < -0.3 is 14.7 Å². The molecule has 1 N–H and O–H groups in total. The lowest BCUT2D eigenvalue weighted by Crippen LogP contribution is -2.45. The zero-order valence-electron chi connectivity index (χ0n) is 9.81. The zero-order valence-corrected chi connectivity index (χ0v) is 9.81. The van der Waals surface area contributed by atoms with Gasteiger partial charge in [0, 0.05) is 12.6 Å². The van der Waals surface area contributed by atoms with Crippen molar-refractivity contribution in [1.29, 1.82) is 0 Å². The highest BCUT2D eigenvalue weighted by Crippen LogP contribution is 2.17. The van der Waals surface area contributed by atoms with Crippen LogP contribution in [0.4, 0.5) is 0 Å². The number of carbonyl (C=O) groups is 2. The molecule has 0 saturated carbocycles. The molecule has 1 amide bonds. The minimum atomic E-state index is -0.973. The monoisotopic (exact) mass is 229 g/mol.